The van der Waals surface area contributed by atoms with Crippen molar-refractivity contribution in [1.29, 1.82) is 0 Å². The van der Waals surface area contributed by atoms with Crippen LogP contribution in [0, 0.1) is 5.82 Å². The maximum atomic E-state index is 14.2. The molecule has 0 aliphatic rings. The lowest BCUT2D eigenvalue weighted by Gasteiger charge is -2.20. The standard InChI is InChI=1S/C20H25FN2O2/c1-20(2,3)16-10-9-15(11-17(16)21)23-19(24)18(22)14-7-5-13(6-8-14)12-25-4/h5-11,18H,12,22H2,1-4H3,(H,23,24). The van der Waals surface area contributed by atoms with Crippen molar-refractivity contribution in [3.8, 4) is 0 Å². The first-order chi connectivity index (χ1) is 11.7. The normalized spacial score (nSPS) is 12.7. The zero-order chi connectivity index (χ0) is 18.6. The lowest BCUT2D eigenvalue weighted by atomic mass is 9.86. The fourth-order valence-electron chi connectivity index (χ4n) is 2.56. The summed E-state index contributed by atoms with van der Waals surface area (Å²) < 4.78 is 19.3. The maximum absolute atomic E-state index is 14.2. The number of rotatable bonds is 5. The molecule has 5 heteroatoms. The van der Waals surface area contributed by atoms with Crippen molar-refractivity contribution in [1.82, 2.24) is 0 Å². The molecule has 2 rings (SSSR count). The Labute approximate surface area is 148 Å². The van der Waals surface area contributed by atoms with Gasteiger partial charge in [-0.15, -0.1) is 0 Å². The van der Waals surface area contributed by atoms with E-state index in [0.717, 1.165) is 5.56 Å². The van der Waals surface area contributed by atoms with Gasteiger partial charge in [-0.05, 0) is 34.2 Å². The van der Waals surface area contributed by atoms with Crippen LogP contribution in [0.15, 0.2) is 42.5 Å². The zero-order valence-corrected chi connectivity index (χ0v) is 15.1. The van der Waals surface area contributed by atoms with Gasteiger partial charge in [0.05, 0.1) is 6.61 Å². The maximum Gasteiger partial charge on any atom is 0.245 e. The number of nitrogens with two attached hydrogens (primary N) is 1. The molecule has 0 heterocycles. The van der Waals surface area contributed by atoms with Gasteiger partial charge in [0.2, 0.25) is 5.91 Å². The van der Waals surface area contributed by atoms with Crippen LogP contribution in [0.1, 0.15) is 43.5 Å². The third-order valence-corrected chi connectivity index (χ3v) is 3.98. The van der Waals surface area contributed by atoms with Gasteiger partial charge in [0, 0.05) is 12.8 Å². The van der Waals surface area contributed by atoms with Gasteiger partial charge in [-0.25, -0.2) is 4.39 Å². The minimum absolute atomic E-state index is 0.299. The third kappa shape index (κ3) is 4.87. The molecule has 2 aromatic carbocycles. The SMILES string of the molecule is COCc1ccc(C(N)C(=O)Nc2ccc(C(C)(C)C)c(F)c2)cc1. The van der Waals surface area contributed by atoms with Gasteiger partial charge in [0.15, 0.2) is 0 Å². The quantitative estimate of drug-likeness (QED) is 0.864. The Kier molecular flexibility index (Phi) is 5.93. The number of hydrogen-bond donors (Lipinski definition) is 2. The van der Waals surface area contributed by atoms with Gasteiger partial charge in [0.1, 0.15) is 11.9 Å². The van der Waals surface area contributed by atoms with E-state index in [2.05, 4.69) is 5.32 Å². The molecule has 3 N–H and O–H groups in total. The average molecular weight is 344 g/mol. The summed E-state index contributed by atoms with van der Waals surface area (Å²) in [5.74, 6) is -0.731. The number of carbonyl (C=O) groups is 1. The molecule has 2 aromatic rings. The zero-order valence-electron chi connectivity index (χ0n) is 15.1. The number of methoxy groups -OCH3 is 1. The van der Waals surface area contributed by atoms with Crippen molar-refractivity contribution in [2.75, 3.05) is 12.4 Å². The van der Waals surface area contributed by atoms with E-state index in [4.69, 9.17) is 10.5 Å². The van der Waals surface area contributed by atoms with Crippen molar-refractivity contribution in [2.45, 2.75) is 38.8 Å². The summed E-state index contributed by atoms with van der Waals surface area (Å²) in [6.45, 7) is 6.31. The summed E-state index contributed by atoms with van der Waals surface area (Å²) in [4.78, 5) is 12.3. The molecule has 134 valence electrons. The molecule has 0 aliphatic carbocycles. The van der Waals surface area contributed by atoms with Gasteiger partial charge in [-0.3, -0.25) is 4.79 Å². The van der Waals surface area contributed by atoms with Crippen molar-refractivity contribution >= 4 is 11.6 Å². The van der Waals surface area contributed by atoms with Crippen LogP contribution in [0.2, 0.25) is 0 Å². The number of hydrogen-bond acceptors (Lipinski definition) is 3. The van der Waals surface area contributed by atoms with Crippen LogP contribution < -0.4 is 11.1 Å². The monoisotopic (exact) mass is 344 g/mol. The van der Waals surface area contributed by atoms with Crippen LogP contribution in [-0.2, 0) is 21.6 Å². The topological polar surface area (TPSA) is 64.3 Å². The summed E-state index contributed by atoms with van der Waals surface area (Å²) in [6, 6.07) is 11.2. The Balaban J connectivity index is 2.09. The van der Waals surface area contributed by atoms with E-state index < -0.39 is 6.04 Å². The molecule has 0 aliphatic heterocycles. The molecule has 0 spiro atoms. The summed E-state index contributed by atoms with van der Waals surface area (Å²) in [6.07, 6.45) is 0. The second-order valence-corrected chi connectivity index (χ2v) is 7.09. The minimum Gasteiger partial charge on any atom is -0.380 e. The molecule has 25 heavy (non-hydrogen) atoms. The Morgan fingerprint density at radius 1 is 1.20 bits per heavy atom. The van der Waals surface area contributed by atoms with E-state index in [0.29, 0.717) is 23.4 Å². The first-order valence-corrected chi connectivity index (χ1v) is 8.16. The van der Waals surface area contributed by atoms with Crippen molar-refractivity contribution in [3.05, 3.63) is 65.0 Å². The highest BCUT2D eigenvalue weighted by atomic mass is 19.1. The molecule has 4 nitrogen and oxygen atoms in total. The smallest absolute Gasteiger partial charge is 0.245 e. The fraction of sp³-hybridized carbons (Fsp3) is 0.350. The second-order valence-electron chi connectivity index (χ2n) is 7.09. The van der Waals surface area contributed by atoms with E-state index in [1.807, 2.05) is 32.9 Å². The van der Waals surface area contributed by atoms with E-state index in [1.165, 1.54) is 6.07 Å². The molecule has 0 bridgehead atoms. The predicted octanol–water partition coefficient (Wildman–Crippen LogP) is 3.91. The van der Waals surface area contributed by atoms with Crippen LogP contribution in [0.4, 0.5) is 10.1 Å². The van der Waals surface area contributed by atoms with Crippen LogP contribution >= 0.6 is 0 Å². The first kappa shape index (κ1) is 19.1. The van der Waals surface area contributed by atoms with Crippen LogP contribution in [0.25, 0.3) is 0 Å². The van der Waals surface area contributed by atoms with E-state index in [9.17, 15) is 9.18 Å². The molecule has 1 atom stereocenters. The predicted molar refractivity (Wildman–Crippen MR) is 97.8 cm³/mol. The second kappa shape index (κ2) is 7.76. The van der Waals surface area contributed by atoms with Crippen molar-refractivity contribution in [3.63, 3.8) is 0 Å². The number of nitrogens with one attached hydrogen (secondary N) is 1. The van der Waals surface area contributed by atoms with Crippen LogP contribution in [0.3, 0.4) is 0 Å². The lowest BCUT2D eigenvalue weighted by molar-refractivity contribution is -0.117. The van der Waals surface area contributed by atoms with Gasteiger partial charge >= 0.3 is 0 Å². The van der Waals surface area contributed by atoms with Gasteiger partial charge in [-0.1, -0.05) is 51.1 Å². The van der Waals surface area contributed by atoms with E-state index in [-0.39, 0.29) is 17.1 Å². The lowest BCUT2D eigenvalue weighted by Crippen LogP contribution is -2.27. The highest BCUT2D eigenvalue weighted by Crippen LogP contribution is 2.27. The van der Waals surface area contributed by atoms with Crippen molar-refractivity contribution < 1.29 is 13.9 Å². The van der Waals surface area contributed by atoms with E-state index >= 15 is 0 Å². The average Bonchev–Trinajstić information content (AvgIpc) is 2.54. The number of ether oxygens (including phenoxy) is 1. The van der Waals surface area contributed by atoms with Gasteiger partial charge in [-0.2, -0.15) is 0 Å². The summed E-state index contributed by atoms with van der Waals surface area (Å²) in [5.41, 5.74) is 8.39. The highest BCUT2D eigenvalue weighted by molar-refractivity contribution is 5.95. The summed E-state index contributed by atoms with van der Waals surface area (Å²) in [5, 5.41) is 2.67. The Hall–Kier alpha value is -2.24. The summed E-state index contributed by atoms with van der Waals surface area (Å²) in [7, 11) is 1.62. The van der Waals surface area contributed by atoms with Gasteiger partial charge in [0.25, 0.3) is 0 Å². The molecule has 0 fully saturated rings. The minimum atomic E-state index is -0.832. The number of anilines is 1. The molecule has 1 unspecified atom stereocenters. The largest absolute Gasteiger partial charge is 0.380 e. The Morgan fingerprint density at radius 2 is 1.84 bits per heavy atom. The highest BCUT2D eigenvalue weighted by Gasteiger charge is 2.20. The Morgan fingerprint density at radius 3 is 2.36 bits per heavy atom. The first-order valence-electron chi connectivity index (χ1n) is 8.16. The molecule has 0 radical (unpaired) electrons. The van der Waals surface area contributed by atoms with Crippen molar-refractivity contribution in [2.24, 2.45) is 5.73 Å². The third-order valence-electron chi connectivity index (χ3n) is 3.98. The number of carbonyl (C=O) groups excluding carboxylic acids is 1. The number of halogens is 1. The summed E-state index contributed by atoms with van der Waals surface area (Å²) >= 11 is 0. The van der Waals surface area contributed by atoms with Gasteiger partial charge < -0.3 is 15.8 Å². The van der Waals surface area contributed by atoms with E-state index in [1.54, 1.807) is 31.4 Å². The number of benzene rings is 2. The Bertz CT molecular complexity index is 736. The number of amides is 1. The molecule has 0 saturated carbocycles. The molecule has 0 saturated heterocycles. The van der Waals surface area contributed by atoms with Crippen LogP contribution in [0.5, 0.6) is 0 Å². The molecular formula is C20H25FN2O2. The molecule has 0 aromatic heterocycles. The molecule has 1 amide bonds. The fourth-order valence-corrected chi connectivity index (χ4v) is 2.56. The van der Waals surface area contributed by atoms with Crippen LogP contribution in [-0.4, -0.2) is 13.0 Å². The molecular weight excluding hydrogens is 319 g/mol.